The first-order valence-corrected chi connectivity index (χ1v) is 14.9. The Morgan fingerprint density at radius 3 is 2.38 bits per heavy atom. The number of amides is 1. The van der Waals surface area contributed by atoms with Gasteiger partial charge in [-0.05, 0) is 25.1 Å². The van der Waals surface area contributed by atoms with Crippen LogP contribution in [0.2, 0.25) is 18.1 Å². The quantitative estimate of drug-likeness (QED) is 0.461. The Bertz CT molecular complexity index is 1150. The lowest BCUT2D eigenvalue weighted by Crippen LogP contribution is -2.60. The number of rotatable bonds is 5. The lowest BCUT2D eigenvalue weighted by Gasteiger charge is -2.42. The molecule has 1 aromatic rings. The molecule has 13 heteroatoms. The van der Waals surface area contributed by atoms with Gasteiger partial charge in [0.15, 0.2) is 14.5 Å². The van der Waals surface area contributed by atoms with Gasteiger partial charge in [0.25, 0.3) is 21.6 Å². The molecule has 0 aromatic carbocycles. The molecule has 180 valence electrons. The molecule has 1 N–H and O–H groups in total. The monoisotopic (exact) mass is 489 g/mol. The van der Waals surface area contributed by atoms with Gasteiger partial charge in [0, 0.05) is 18.8 Å². The summed E-state index contributed by atoms with van der Waals surface area (Å²) in [4.78, 5) is 41.5. The van der Waals surface area contributed by atoms with Gasteiger partial charge in [-0.3, -0.25) is 19.1 Å². The molecular formula is C19H31N3O8SSi. The molecule has 2 saturated heterocycles. The number of carbonyl (C=O) groups excluding carboxylic acids is 1. The molecular weight excluding hydrogens is 458 g/mol. The molecule has 0 saturated carbocycles. The van der Waals surface area contributed by atoms with Gasteiger partial charge in [0.1, 0.15) is 12.2 Å². The maximum Gasteiger partial charge on any atom is 0.330 e. The SMILES string of the molecule is Cc1cn([C@@H]2O[C@@H]3CN(C)C(=O)[C@]3(OS(C)(=O)=O)[C@H]2O[Si](C)(C)C(C)(C)C)c(=O)[nH]c1=O. The molecule has 0 radical (unpaired) electrons. The average Bonchev–Trinajstić information content (AvgIpc) is 3.00. The van der Waals surface area contributed by atoms with E-state index in [9.17, 15) is 22.8 Å². The number of hydrogen-bond donors (Lipinski definition) is 1. The predicted octanol–water partition coefficient (Wildman–Crippen LogP) is 0.320. The smallest absolute Gasteiger partial charge is 0.330 e. The third-order valence-electron chi connectivity index (χ3n) is 6.52. The summed E-state index contributed by atoms with van der Waals surface area (Å²) in [6, 6.07) is 0. The highest BCUT2D eigenvalue weighted by molar-refractivity contribution is 7.86. The molecule has 0 spiro atoms. The maximum atomic E-state index is 13.4. The molecule has 1 aromatic heterocycles. The Hall–Kier alpha value is -1.80. The minimum atomic E-state index is -4.12. The van der Waals surface area contributed by atoms with Crippen LogP contribution >= 0.6 is 0 Å². The van der Waals surface area contributed by atoms with Crippen molar-refractivity contribution in [1.82, 2.24) is 14.5 Å². The number of carbonyl (C=O) groups is 1. The van der Waals surface area contributed by atoms with E-state index in [0.29, 0.717) is 0 Å². The van der Waals surface area contributed by atoms with Crippen molar-refractivity contribution in [3.63, 3.8) is 0 Å². The van der Waals surface area contributed by atoms with E-state index in [4.69, 9.17) is 13.3 Å². The summed E-state index contributed by atoms with van der Waals surface area (Å²) in [6.07, 6.45) is -1.26. The van der Waals surface area contributed by atoms with Gasteiger partial charge < -0.3 is 14.1 Å². The highest BCUT2D eigenvalue weighted by Gasteiger charge is 2.71. The van der Waals surface area contributed by atoms with E-state index in [1.807, 2.05) is 33.9 Å². The zero-order chi connectivity index (χ0) is 24.4. The summed E-state index contributed by atoms with van der Waals surface area (Å²) in [5.74, 6) is -0.603. The van der Waals surface area contributed by atoms with E-state index in [1.165, 1.54) is 25.1 Å². The van der Waals surface area contributed by atoms with Crippen LogP contribution in [0.25, 0.3) is 0 Å². The summed E-state index contributed by atoms with van der Waals surface area (Å²) < 4.78 is 43.8. The number of hydrogen-bond acceptors (Lipinski definition) is 8. The molecule has 1 amide bonds. The van der Waals surface area contributed by atoms with Crippen LogP contribution in [0.4, 0.5) is 0 Å². The van der Waals surface area contributed by atoms with Crippen LogP contribution in [0, 0.1) is 6.92 Å². The van der Waals surface area contributed by atoms with Crippen LogP contribution in [0.1, 0.15) is 32.6 Å². The number of likely N-dealkylation sites (N-methyl/N-ethyl adjacent to an activating group) is 1. The van der Waals surface area contributed by atoms with Gasteiger partial charge in [0.2, 0.25) is 5.60 Å². The Labute approximate surface area is 187 Å². The fourth-order valence-electron chi connectivity index (χ4n) is 3.82. The number of likely N-dealkylation sites (tertiary alicyclic amines) is 1. The highest BCUT2D eigenvalue weighted by Crippen LogP contribution is 2.50. The van der Waals surface area contributed by atoms with Crippen LogP contribution in [0.15, 0.2) is 15.8 Å². The van der Waals surface area contributed by atoms with E-state index < -0.39 is 59.6 Å². The minimum Gasteiger partial charge on any atom is -0.406 e. The van der Waals surface area contributed by atoms with Gasteiger partial charge >= 0.3 is 5.69 Å². The second-order valence-electron chi connectivity index (χ2n) is 10.1. The third-order valence-corrected chi connectivity index (χ3v) is 11.6. The van der Waals surface area contributed by atoms with Crippen molar-refractivity contribution in [3.05, 3.63) is 32.6 Å². The molecule has 0 unspecified atom stereocenters. The average molecular weight is 490 g/mol. The van der Waals surface area contributed by atoms with E-state index in [-0.39, 0.29) is 17.1 Å². The largest absolute Gasteiger partial charge is 0.406 e. The zero-order valence-corrected chi connectivity index (χ0v) is 21.4. The number of nitrogens with zero attached hydrogens (tertiary/aromatic N) is 2. The van der Waals surface area contributed by atoms with Gasteiger partial charge in [-0.15, -0.1) is 0 Å². The van der Waals surface area contributed by atoms with Crippen molar-refractivity contribution in [2.45, 2.75) is 69.9 Å². The first-order valence-electron chi connectivity index (χ1n) is 10.2. The summed E-state index contributed by atoms with van der Waals surface area (Å²) in [6.45, 7) is 11.4. The lowest BCUT2D eigenvalue weighted by molar-refractivity contribution is -0.147. The fourth-order valence-corrected chi connectivity index (χ4v) is 5.87. The number of ether oxygens (including phenoxy) is 1. The second kappa shape index (κ2) is 7.62. The van der Waals surface area contributed by atoms with Gasteiger partial charge in [0.05, 0.1) is 12.8 Å². The number of H-pyrrole nitrogens is 1. The Kier molecular flexibility index (Phi) is 5.91. The van der Waals surface area contributed by atoms with Crippen LogP contribution in [-0.4, -0.2) is 74.8 Å². The first-order chi connectivity index (χ1) is 14.4. The van der Waals surface area contributed by atoms with E-state index in [0.717, 1.165) is 10.8 Å². The summed E-state index contributed by atoms with van der Waals surface area (Å²) in [5.41, 5.74) is -3.06. The molecule has 3 heterocycles. The van der Waals surface area contributed by atoms with Crippen LogP contribution in [0.3, 0.4) is 0 Å². The van der Waals surface area contributed by atoms with Crippen molar-refractivity contribution < 1.29 is 26.6 Å². The van der Waals surface area contributed by atoms with Crippen molar-refractivity contribution in [2.75, 3.05) is 19.8 Å². The highest BCUT2D eigenvalue weighted by atomic mass is 32.2. The lowest BCUT2D eigenvalue weighted by atomic mass is 9.94. The molecule has 2 aliphatic rings. The molecule has 32 heavy (non-hydrogen) atoms. The Balaban J connectivity index is 2.26. The number of aryl methyl sites for hydroxylation is 1. The summed E-state index contributed by atoms with van der Waals surface area (Å²) in [5, 5.41) is -0.304. The van der Waals surface area contributed by atoms with E-state index in [1.54, 1.807) is 0 Å². The van der Waals surface area contributed by atoms with Gasteiger partial charge in [-0.1, -0.05) is 20.8 Å². The number of fused-ring (bicyclic) bond motifs is 1. The van der Waals surface area contributed by atoms with E-state index in [2.05, 4.69) is 4.98 Å². The van der Waals surface area contributed by atoms with Crippen molar-refractivity contribution >= 4 is 24.3 Å². The van der Waals surface area contributed by atoms with E-state index >= 15 is 0 Å². The number of aromatic amines is 1. The number of aromatic nitrogens is 2. The molecule has 2 aliphatic heterocycles. The predicted molar refractivity (Wildman–Crippen MR) is 118 cm³/mol. The number of nitrogens with one attached hydrogen (secondary N) is 1. The fraction of sp³-hybridized carbons (Fsp3) is 0.737. The zero-order valence-electron chi connectivity index (χ0n) is 19.6. The van der Waals surface area contributed by atoms with Crippen molar-refractivity contribution in [2.24, 2.45) is 0 Å². The van der Waals surface area contributed by atoms with Crippen molar-refractivity contribution in [1.29, 1.82) is 0 Å². The van der Waals surface area contributed by atoms with Crippen LogP contribution in [0.5, 0.6) is 0 Å². The van der Waals surface area contributed by atoms with Crippen LogP contribution in [-0.2, 0) is 28.3 Å². The van der Waals surface area contributed by atoms with Gasteiger partial charge in [-0.25, -0.2) is 8.98 Å². The first kappa shape index (κ1) is 24.8. The molecule has 2 fully saturated rings. The maximum absolute atomic E-state index is 13.4. The molecule has 0 bridgehead atoms. The molecule has 11 nitrogen and oxygen atoms in total. The third kappa shape index (κ3) is 4.00. The molecule has 0 aliphatic carbocycles. The van der Waals surface area contributed by atoms with Crippen LogP contribution < -0.4 is 11.2 Å². The second-order valence-corrected chi connectivity index (χ2v) is 16.4. The Morgan fingerprint density at radius 2 is 1.84 bits per heavy atom. The Morgan fingerprint density at radius 1 is 1.25 bits per heavy atom. The molecule has 4 atom stereocenters. The van der Waals surface area contributed by atoms with Gasteiger partial charge in [-0.2, -0.15) is 8.42 Å². The van der Waals surface area contributed by atoms with Crippen molar-refractivity contribution in [3.8, 4) is 0 Å². The normalized spacial score (nSPS) is 28.9. The summed E-state index contributed by atoms with van der Waals surface area (Å²) in [7, 11) is -5.23. The summed E-state index contributed by atoms with van der Waals surface area (Å²) >= 11 is 0. The minimum absolute atomic E-state index is 0.0549. The molecule has 3 rings (SSSR count). The standard InChI is InChI=1S/C19H31N3O8SSi/c1-11-9-22(17(25)20-14(11)23)15-13(29-32(7,8)18(2,3)4)19(30-31(6,26)27)12(28-15)10-21(5)16(19)24/h9,12-13,15H,10H2,1-8H3,(H,20,23,25)/t12-,13+,15-,19-/m1/s1. The topological polar surface area (TPSA) is 137 Å².